The zero-order valence-corrected chi connectivity index (χ0v) is 10.9. The zero-order valence-electron chi connectivity index (χ0n) is 10.9. The van der Waals surface area contributed by atoms with Gasteiger partial charge in [0.15, 0.2) is 0 Å². The smallest absolute Gasteiger partial charge is 0.0789 e. The average molecular weight is 221 g/mol. The summed E-state index contributed by atoms with van der Waals surface area (Å²) in [6.07, 6.45) is 0. The van der Waals surface area contributed by atoms with Crippen molar-refractivity contribution >= 4 is 5.69 Å². The lowest BCUT2D eigenvalue weighted by Crippen LogP contribution is -2.39. The maximum Gasteiger partial charge on any atom is 0.0789 e. The van der Waals surface area contributed by atoms with E-state index in [1.54, 1.807) is 0 Å². The maximum absolute atomic E-state index is 9.91. The van der Waals surface area contributed by atoms with Crippen molar-refractivity contribution < 1.29 is 5.11 Å². The van der Waals surface area contributed by atoms with E-state index in [0.717, 1.165) is 5.69 Å². The molecule has 0 spiro atoms. The molecular formula is C14H23NO. The zero-order chi connectivity index (χ0) is 12.3. The highest BCUT2D eigenvalue weighted by atomic mass is 16.3. The van der Waals surface area contributed by atoms with Gasteiger partial charge in [0.05, 0.1) is 11.6 Å². The quantitative estimate of drug-likeness (QED) is 0.817. The van der Waals surface area contributed by atoms with Gasteiger partial charge in [-0.15, -0.1) is 0 Å². The third-order valence-electron chi connectivity index (χ3n) is 3.01. The van der Waals surface area contributed by atoms with Crippen LogP contribution in [0.1, 0.15) is 46.1 Å². The largest absolute Gasteiger partial charge is 0.388 e. The highest BCUT2D eigenvalue weighted by Gasteiger charge is 2.22. The summed E-state index contributed by atoms with van der Waals surface area (Å²) in [4.78, 5) is 0. The maximum atomic E-state index is 9.91. The van der Waals surface area contributed by atoms with Gasteiger partial charge < -0.3 is 10.4 Å². The van der Waals surface area contributed by atoms with Crippen LogP contribution in [0.15, 0.2) is 24.3 Å². The highest BCUT2D eigenvalue weighted by molar-refractivity contribution is 5.53. The van der Waals surface area contributed by atoms with Crippen LogP contribution in [0.25, 0.3) is 0 Å². The average Bonchev–Trinajstić information content (AvgIpc) is 2.16. The van der Waals surface area contributed by atoms with E-state index >= 15 is 0 Å². The Morgan fingerprint density at radius 1 is 1.12 bits per heavy atom. The Morgan fingerprint density at radius 2 is 1.69 bits per heavy atom. The van der Waals surface area contributed by atoms with E-state index in [2.05, 4.69) is 37.4 Å². The molecule has 16 heavy (non-hydrogen) atoms. The molecule has 2 N–H and O–H groups in total. The SMILES string of the molecule is CC(C)c1ccccc1NC(C)C(C)(C)O. The van der Waals surface area contributed by atoms with Crippen molar-refractivity contribution in [3.8, 4) is 0 Å². The summed E-state index contributed by atoms with van der Waals surface area (Å²) in [5, 5.41) is 13.3. The van der Waals surface area contributed by atoms with Gasteiger partial charge in [-0.3, -0.25) is 0 Å². The lowest BCUT2D eigenvalue weighted by molar-refractivity contribution is 0.0649. The molecule has 1 unspecified atom stereocenters. The Kier molecular flexibility index (Phi) is 3.98. The molecule has 0 aliphatic rings. The summed E-state index contributed by atoms with van der Waals surface area (Å²) in [5.74, 6) is 0.484. The second-order valence-corrected chi connectivity index (χ2v) is 5.26. The van der Waals surface area contributed by atoms with Crippen LogP contribution in [0.3, 0.4) is 0 Å². The van der Waals surface area contributed by atoms with Gasteiger partial charge in [0.25, 0.3) is 0 Å². The molecule has 0 aromatic heterocycles. The molecule has 0 fully saturated rings. The summed E-state index contributed by atoms with van der Waals surface area (Å²) in [5.41, 5.74) is 1.69. The van der Waals surface area contributed by atoms with Crippen LogP contribution in [0.5, 0.6) is 0 Å². The van der Waals surface area contributed by atoms with Gasteiger partial charge in [-0.05, 0) is 38.3 Å². The fraction of sp³-hybridized carbons (Fsp3) is 0.571. The topological polar surface area (TPSA) is 32.3 Å². The minimum atomic E-state index is -0.718. The first-order chi connectivity index (χ1) is 7.32. The number of rotatable bonds is 4. The molecule has 1 atom stereocenters. The second-order valence-electron chi connectivity index (χ2n) is 5.26. The summed E-state index contributed by atoms with van der Waals surface area (Å²) < 4.78 is 0. The minimum Gasteiger partial charge on any atom is -0.388 e. The third-order valence-corrected chi connectivity index (χ3v) is 3.01. The molecule has 0 aliphatic carbocycles. The van der Waals surface area contributed by atoms with Gasteiger partial charge in [-0.25, -0.2) is 0 Å². The second kappa shape index (κ2) is 4.88. The van der Waals surface area contributed by atoms with Crippen LogP contribution < -0.4 is 5.32 Å². The molecule has 0 saturated carbocycles. The lowest BCUT2D eigenvalue weighted by atomic mass is 9.97. The predicted octanol–water partition coefficient (Wildman–Crippen LogP) is 3.38. The van der Waals surface area contributed by atoms with Crippen LogP contribution in [0.4, 0.5) is 5.69 Å². The fourth-order valence-electron chi connectivity index (χ4n) is 1.54. The number of hydrogen-bond donors (Lipinski definition) is 2. The lowest BCUT2D eigenvalue weighted by Gasteiger charge is -2.29. The van der Waals surface area contributed by atoms with E-state index in [0.29, 0.717) is 5.92 Å². The molecule has 1 aromatic carbocycles. The molecule has 0 aliphatic heterocycles. The minimum absolute atomic E-state index is 0.0207. The van der Waals surface area contributed by atoms with Gasteiger partial charge >= 0.3 is 0 Å². The van der Waals surface area contributed by atoms with Crippen LogP contribution >= 0.6 is 0 Å². The summed E-state index contributed by atoms with van der Waals surface area (Å²) >= 11 is 0. The molecule has 90 valence electrons. The number of anilines is 1. The Morgan fingerprint density at radius 3 is 2.19 bits per heavy atom. The first kappa shape index (κ1) is 13.0. The molecular weight excluding hydrogens is 198 g/mol. The molecule has 2 nitrogen and oxygen atoms in total. The Labute approximate surface area is 98.7 Å². The summed E-state index contributed by atoms with van der Waals surface area (Å²) in [6, 6.07) is 8.29. The van der Waals surface area contributed by atoms with Gasteiger partial charge in [0.1, 0.15) is 0 Å². The van der Waals surface area contributed by atoms with E-state index < -0.39 is 5.60 Å². The van der Waals surface area contributed by atoms with Crippen molar-refractivity contribution in [1.82, 2.24) is 0 Å². The van der Waals surface area contributed by atoms with Crippen molar-refractivity contribution in [3.63, 3.8) is 0 Å². The van der Waals surface area contributed by atoms with Gasteiger partial charge in [-0.1, -0.05) is 32.0 Å². The van der Waals surface area contributed by atoms with Crippen LogP contribution in [0.2, 0.25) is 0 Å². The molecule has 0 bridgehead atoms. The van der Waals surface area contributed by atoms with Gasteiger partial charge in [-0.2, -0.15) is 0 Å². The van der Waals surface area contributed by atoms with Crippen molar-refractivity contribution in [1.29, 1.82) is 0 Å². The first-order valence-corrected chi connectivity index (χ1v) is 5.90. The number of para-hydroxylation sites is 1. The van der Waals surface area contributed by atoms with Crippen LogP contribution in [-0.4, -0.2) is 16.7 Å². The Hall–Kier alpha value is -1.02. The van der Waals surface area contributed by atoms with Crippen molar-refractivity contribution in [2.75, 3.05) is 5.32 Å². The summed E-state index contributed by atoms with van der Waals surface area (Å²) in [6.45, 7) is 9.99. The standard InChI is InChI=1S/C14H23NO/c1-10(2)12-8-6-7-9-13(12)15-11(3)14(4,5)16/h6-11,15-16H,1-5H3. The van der Waals surface area contributed by atoms with Gasteiger partial charge in [0.2, 0.25) is 0 Å². The molecule has 0 saturated heterocycles. The van der Waals surface area contributed by atoms with E-state index in [-0.39, 0.29) is 6.04 Å². The van der Waals surface area contributed by atoms with Crippen molar-refractivity contribution in [2.45, 2.75) is 52.2 Å². The number of nitrogens with one attached hydrogen (secondary N) is 1. The molecule has 0 radical (unpaired) electrons. The van der Waals surface area contributed by atoms with Gasteiger partial charge in [0, 0.05) is 5.69 Å². The number of aliphatic hydroxyl groups is 1. The van der Waals surface area contributed by atoms with E-state index in [9.17, 15) is 5.11 Å². The molecule has 1 rings (SSSR count). The molecule has 0 heterocycles. The third kappa shape index (κ3) is 3.24. The molecule has 0 amide bonds. The van der Waals surface area contributed by atoms with E-state index in [1.165, 1.54) is 5.56 Å². The van der Waals surface area contributed by atoms with Crippen molar-refractivity contribution in [2.24, 2.45) is 0 Å². The Bertz CT molecular complexity index is 339. The van der Waals surface area contributed by atoms with Crippen molar-refractivity contribution in [3.05, 3.63) is 29.8 Å². The van der Waals surface area contributed by atoms with Crippen LogP contribution in [0, 0.1) is 0 Å². The first-order valence-electron chi connectivity index (χ1n) is 5.90. The molecule has 2 heteroatoms. The summed E-state index contributed by atoms with van der Waals surface area (Å²) in [7, 11) is 0. The highest BCUT2D eigenvalue weighted by Crippen LogP contribution is 2.25. The number of hydrogen-bond acceptors (Lipinski definition) is 2. The van der Waals surface area contributed by atoms with E-state index in [4.69, 9.17) is 0 Å². The monoisotopic (exact) mass is 221 g/mol. The van der Waals surface area contributed by atoms with Crippen LogP contribution in [-0.2, 0) is 0 Å². The molecule has 1 aromatic rings. The Balaban J connectivity index is 2.89. The number of benzene rings is 1. The normalized spacial score (nSPS) is 13.9. The predicted molar refractivity (Wildman–Crippen MR) is 69.9 cm³/mol. The van der Waals surface area contributed by atoms with E-state index in [1.807, 2.05) is 26.8 Å². The fourth-order valence-corrected chi connectivity index (χ4v) is 1.54.